The number of carbonyl (C=O) groups is 3. The lowest BCUT2D eigenvalue weighted by atomic mass is 10.1. The van der Waals surface area contributed by atoms with Crippen molar-refractivity contribution < 1.29 is 19.5 Å². The fraction of sp³-hybridized carbons (Fsp3) is 0.700. The molecule has 4 N–H and O–H groups in total. The standard InChI is InChI=1S/C10H19N3O4/c1-12-8(14)5-6-13(2)10(17)7(11)3-4-9(15)16/h7H,3-6,11H2,1-2H3,(H,12,14)(H,15,16). The lowest BCUT2D eigenvalue weighted by molar-refractivity contribution is -0.137. The number of carbonyl (C=O) groups excluding carboxylic acids is 2. The Kier molecular flexibility index (Phi) is 6.88. The summed E-state index contributed by atoms with van der Waals surface area (Å²) in [4.78, 5) is 34.3. The van der Waals surface area contributed by atoms with Gasteiger partial charge in [-0.05, 0) is 6.42 Å². The number of nitrogens with zero attached hydrogens (tertiary/aromatic N) is 1. The number of rotatable bonds is 7. The van der Waals surface area contributed by atoms with Crippen LogP contribution in [-0.4, -0.2) is 54.5 Å². The fourth-order valence-corrected chi connectivity index (χ4v) is 1.19. The molecule has 17 heavy (non-hydrogen) atoms. The minimum Gasteiger partial charge on any atom is -0.481 e. The monoisotopic (exact) mass is 245 g/mol. The number of carboxylic acids is 1. The van der Waals surface area contributed by atoms with E-state index in [0.717, 1.165) is 0 Å². The minimum absolute atomic E-state index is 0.0957. The van der Waals surface area contributed by atoms with Crippen LogP contribution in [0.2, 0.25) is 0 Å². The number of likely N-dealkylation sites (N-methyl/N-ethyl adjacent to an activating group) is 1. The van der Waals surface area contributed by atoms with Crippen LogP contribution in [0.15, 0.2) is 0 Å². The quantitative estimate of drug-likeness (QED) is 0.520. The minimum atomic E-state index is -0.985. The molecule has 1 atom stereocenters. The Morgan fingerprint density at radius 1 is 1.35 bits per heavy atom. The van der Waals surface area contributed by atoms with Crippen molar-refractivity contribution >= 4 is 17.8 Å². The molecule has 0 saturated heterocycles. The number of amides is 2. The Morgan fingerprint density at radius 2 is 1.94 bits per heavy atom. The van der Waals surface area contributed by atoms with Gasteiger partial charge in [-0.1, -0.05) is 0 Å². The number of hydrogen-bond donors (Lipinski definition) is 3. The van der Waals surface area contributed by atoms with E-state index in [2.05, 4.69) is 5.32 Å². The summed E-state index contributed by atoms with van der Waals surface area (Å²) in [5.74, 6) is -1.50. The smallest absolute Gasteiger partial charge is 0.303 e. The molecule has 0 bridgehead atoms. The van der Waals surface area contributed by atoms with Crippen molar-refractivity contribution in [2.45, 2.75) is 25.3 Å². The first-order valence-corrected chi connectivity index (χ1v) is 5.31. The van der Waals surface area contributed by atoms with Gasteiger partial charge < -0.3 is 21.1 Å². The molecule has 0 aliphatic carbocycles. The van der Waals surface area contributed by atoms with Crippen molar-refractivity contribution in [1.29, 1.82) is 0 Å². The predicted octanol–water partition coefficient (Wildman–Crippen LogP) is -1.23. The van der Waals surface area contributed by atoms with Crippen molar-refractivity contribution in [3.05, 3.63) is 0 Å². The van der Waals surface area contributed by atoms with Crippen LogP contribution in [0.1, 0.15) is 19.3 Å². The van der Waals surface area contributed by atoms with Gasteiger partial charge in [0.2, 0.25) is 11.8 Å². The molecule has 0 heterocycles. The molecule has 7 nitrogen and oxygen atoms in total. The number of hydrogen-bond acceptors (Lipinski definition) is 4. The molecule has 0 radical (unpaired) electrons. The summed E-state index contributed by atoms with van der Waals surface area (Å²) in [5.41, 5.74) is 5.55. The van der Waals surface area contributed by atoms with E-state index in [-0.39, 0.29) is 37.6 Å². The molecule has 0 aromatic heterocycles. The largest absolute Gasteiger partial charge is 0.481 e. The van der Waals surface area contributed by atoms with Crippen LogP contribution < -0.4 is 11.1 Å². The summed E-state index contributed by atoms with van der Waals surface area (Å²) in [6, 6.07) is -0.833. The van der Waals surface area contributed by atoms with Gasteiger partial charge in [0.15, 0.2) is 0 Å². The van der Waals surface area contributed by atoms with E-state index in [4.69, 9.17) is 10.8 Å². The van der Waals surface area contributed by atoms with Gasteiger partial charge in [-0.2, -0.15) is 0 Å². The average molecular weight is 245 g/mol. The van der Waals surface area contributed by atoms with Crippen molar-refractivity contribution in [3.8, 4) is 0 Å². The Labute approximate surface area is 100.0 Å². The molecule has 0 fully saturated rings. The molecule has 7 heteroatoms. The van der Waals surface area contributed by atoms with Gasteiger partial charge in [0.25, 0.3) is 0 Å². The third-order valence-corrected chi connectivity index (χ3v) is 2.32. The third kappa shape index (κ3) is 6.52. The summed E-state index contributed by atoms with van der Waals surface area (Å²) >= 11 is 0. The maximum Gasteiger partial charge on any atom is 0.303 e. The SMILES string of the molecule is CNC(=O)CCN(C)C(=O)C(N)CCC(=O)O. The zero-order valence-electron chi connectivity index (χ0n) is 10.1. The normalized spacial score (nSPS) is 11.7. The van der Waals surface area contributed by atoms with Crippen LogP contribution in [0.3, 0.4) is 0 Å². The van der Waals surface area contributed by atoms with E-state index in [1.165, 1.54) is 19.0 Å². The second-order valence-electron chi connectivity index (χ2n) is 3.72. The summed E-state index contributed by atoms with van der Waals surface area (Å²) in [6.07, 6.45) is 0.152. The van der Waals surface area contributed by atoms with Gasteiger partial charge in [0, 0.05) is 33.5 Å². The molecule has 2 amide bonds. The van der Waals surface area contributed by atoms with Crippen LogP contribution >= 0.6 is 0 Å². The Balaban J connectivity index is 4.02. The van der Waals surface area contributed by atoms with Crippen molar-refractivity contribution in [1.82, 2.24) is 10.2 Å². The molecular formula is C10H19N3O4. The highest BCUT2D eigenvalue weighted by atomic mass is 16.4. The molecule has 0 aromatic rings. The van der Waals surface area contributed by atoms with Crippen LogP contribution in [0.5, 0.6) is 0 Å². The Hall–Kier alpha value is -1.63. The van der Waals surface area contributed by atoms with Gasteiger partial charge in [0.05, 0.1) is 6.04 Å². The predicted molar refractivity (Wildman–Crippen MR) is 61.2 cm³/mol. The first-order valence-electron chi connectivity index (χ1n) is 5.31. The van der Waals surface area contributed by atoms with E-state index in [1.807, 2.05) is 0 Å². The summed E-state index contributed by atoms with van der Waals surface area (Å²) in [6.45, 7) is 0.263. The maximum absolute atomic E-state index is 11.6. The molecule has 1 unspecified atom stereocenters. The van der Waals surface area contributed by atoms with E-state index in [0.29, 0.717) is 0 Å². The Bertz CT molecular complexity index is 293. The second kappa shape index (κ2) is 7.61. The van der Waals surface area contributed by atoms with E-state index < -0.39 is 12.0 Å². The Morgan fingerprint density at radius 3 is 2.41 bits per heavy atom. The fourth-order valence-electron chi connectivity index (χ4n) is 1.19. The first-order chi connectivity index (χ1) is 7.88. The molecule has 0 saturated carbocycles. The van der Waals surface area contributed by atoms with E-state index in [1.54, 1.807) is 0 Å². The average Bonchev–Trinajstić information content (AvgIpc) is 2.31. The lowest BCUT2D eigenvalue weighted by Crippen LogP contribution is -2.43. The van der Waals surface area contributed by atoms with Crippen LogP contribution in [-0.2, 0) is 14.4 Å². The zero-order valence-corrected chi connectivity index (χ0v) is 10.1. The summed E-state index contributed by atoms with van der Waals surface area (Å²) in [5, 5.41) is 10.9. The van der Waals surface area contributed by atoms with E-state index in [9.17, 15) is 14.4 Å². The molecule has 0 aromatic carbocycles. The summed E-state index contributed by atoms with van der Waals surface area (Å²) in [7, 11) is 3.05. The number of aliphatic carboxylic acids is 1. The van der Waals surface area contributed by atoms with Crippen LogP contribution in [0.4, 0.5) is 0 Å². The van der Waals surface area contributed by atoms with E-state index >= 15 is 0 Å². The van der Waals surface area contributed by atoms with Crippen molar-refractivity contribution in [3.63, 3.8) is 0 Å². The lowest BCUT2D eigenvalue weighted by Gasteiger charge is -2.20. The molecule has 98 valence electrons. The van der Waals surface area contributed by atoms with Gasteiger partial charge in [-0.3, -0.25) is 14.4 Å². The molecular weight excluding hydrogens is 226 g/mol. The molecule has 0 aliphatic rings. The molecule has 0 rings (SSSR count). The highest BCUT2D eigenvalue weighted by Gasteiger charge is 2.19. The topological polar surface area (TPSA) is 113 Å². The maximum atomic E-state index is 11.6. The number of nitrogens with one attached hydrogen (secondary N) is 1. The highest BCUT2D eigenvalue weighted by Crippen LogP contribution is 2.00. The van der Waals surface area contributed by atoms with Gasteiger partial charge in [0.1, 0.15) is 0 Å². The third-order valence-electron chi connectivity index (χ3n) is 2.32. The van der Waals surface area contributed by atoms with Gasteiger partial charge in [-0.15, -0.1) is 0 Å². The van der Waals surface area contributed by atoms with Gasteiger partial charge in [-0.25, -0.2) is 0 Å². The molecule has 0 spiro atoms. The highest BCUT2D eigenvalue weighted by molar-refractivity contribution is 5.83. The molecule has 0 aliphatic heterocycles. The van der Waals surface area contributed by atoms with Crippen LogP contribution in [0.25, 0.3) is 0 Å². The summed E-state index contributed by atoms with van der Waals surface area (Å²) < 4.78 is 0. The first kappa shape index (κ1) is 15.4. The van der Waals surface area contributed by atoms with Gasteiger partial charge >= 0.3 is 5.97 Å². The van der Waals surface area contributed by atoms with Crippen molar-refractivity contribution in [2.75, 3.05) is 20.6 Å². The number of nitrogens with two attached hydrogens (primary N) is 1. The van der Waals surface area contributed by atoms with Crippen molar-refractivity contribution in [2.24, 2.45) is 5.73 Å². The van der Waals surface area contributed by atoms with Crippen LogP contribution in [0, 0.1) is 0 Å². The second-order valence-corrected chi connectivity index (χ2v) is 3.72. The number of carboxylic acid groups (broad SMARTS) is 1. The zero-order chi connectivity index (χ0) is 13.4.